The summed E-state index contributed by atoms with van der Waals surface area (Å²) in [7, 11) is 1.89. The first-order valence-electron chi connectivity index (χ1n) is 6.35. The Balaban J connectivity index is 1.98. The molecule has 20 heavy (non-hydrogen) atoms. The van der Waals surface area contributed by atoms with Crippen molar-refractivity contribution in [3.8, 4) is 10.6 Å². The van der Waals surface area contributed by atoms with Crippen molar-refractivity contribution in [2.24, 2.45) is 0 Å². The van der Waals surface area contributed by atoms with Gasteiger partial charge in [-0.2, -0.15) is 0 Å². The van der Waals surface area contributed by atoms with Crippen molar-refractivity contribution in [1.29, 1.82) is 0 Å². The van der Waals surface area contributed by atoms with Crippen LogP contribution in [0.25, 0.3) is 10.6 Å². The van der Waals surface area contributed by atoms with Gasteiger partial charge in [0.2, 0.25) is 0 Å². The van der Waals surface area contributed by atoms with Gasteiger partial charge in [-0.1, -0.05) is 23.7 Å². The SMILES string of the molecule is CNCCCNC(=O)c1csc(-c2ccc(Cl)cc2)n1. The second-order valence-electron chi connectivity index (χ2n) is 4.26. The van der Waals surface area contributed by atoms with Crippen LogP contribution in [0.3, 0.4) is 0 Å². The molecule has 0 aliphatic heterocycles. The van der Waals surface area contributed by atoms with Crippen molar-refractivity contribution in [3.63, 3.8) is 0 Å². The number of hydrogen-bond donors (Lipinski definition) is 2. The van der Waals surface area contributed by atoms with Gasteiger partial charge < -0.3 is 10.6 Å². The lowest BCUT2D eigenvalue weighted by Crippen LogP contribution is -2.26. The summed E-state index contributed by atoms with van der Waals surface area (Å²) >= 11 is 7.30. The van der Waals surface area contributed by atoms with E-state index in [1.165, 1.54) is 11.3 Å². The number of carbonyl (C=O) groups excluding carboxylic acids is 1. The van der Waals surface area contributed by atoms with Crippen molar-refractivity contribution >= 4 is 28.8 Å². The lowest BCUT2D eigenvalue weighted by atomic mass is 10.2. The quantitative estimate of drug-likeness (QED) is 0.807. The number of nitrogens with one attached hydrogen (secondary N) is 2. The maximum atomic E-state index is 11.9. The summed E-state index contributed by atoms with van der Waals surface area (Å²) in [4.78, 5) is 16.3. The van der Waals surface area contributed by atoms with E-state index in [2.05, 4.69) is 15.6 Å². The Morgan fingerprint density at radius 3 is 2.75 bits per heavy atom. The second-order valence-corrected chi connectivity index (χ2v) is 5.55. The van der Waals surface area contributed by atoms with Crippen molar-refractivity contribution < 1.29 is 4.79 Å². The minimum absolute atomic E-state index is 0.127. The van der Waals surface area contributed by atoms with Gasteiger partial charge in [-0.05, 0) is 32.1 Å². The summed E-state index contributed by atoms with van der Waals surface area (Å²) in [5.74, 6) is -0.127. The van der Waals surface area contributed by atoms with E-state index in [0.717, 1.165) is 23.5 Å². The van der Waals surface area contributed by atoms with Crippen LogP contribution in [0, 0.1) is 0 Å². The van der Waals surface area contributed by atoms with Crippen molar-refractivity contribution in [2.75, 3.05) is 20.1 Å². The van der Waals surface area contributed by atoms with Crippen LogP contribution in [0.5, 0.6) is 0 Å². The predicted octanol–water partition coefficient (Wildman–Crippen LogP) is 2.80. The van der Waals surface area contributed by atoms with Gasteiger partial charge in [0.05, 0.1) is 0 Å². The molecule has 1 aromatic heterocycles. The monoisotopic (exact) mass is 309 g/mol. The standard InChI is InChI=1S/C14H16ClN3OS/c1-16-7-2-8-17-13(19)12-9-20-14(18-12)10-3-5-11(15)6-4-10/h3-6,9,16H,2,7-8H2,1H3,(H,17,19). The third kappa shape index (κ3) is 4.03. The van der Waals surface area contributed by atoms with Gasteiger partial charge in [-0.3, -0.25) is 4.79 Å². The Morgan fingerprint density at radius 2 is 2.05 bits per heavy atom. The van der Waals surface area contributed by atoms with Crippen molar-refractivity contribution in [1.82, 2.24) is 15.6 Å². The molecule has 1 aromatic carbocycles. The minimum atomic E-state index is -0.127. The van der Waals surface area contributed by atoms with Gasteiger partial charge >= 0.3 is 0 Å². The van der Waals surface area contributed by atoms with E-state index in [9.17, 15) is 4.79 Å². The van der Waals surface area contributed by atoms with Gasteiger partial charge in [0, 0.05) is 22.5 Å². The maximum Gasteiger partial charge on any atom is 0.270 e. The fourth-order valence-corrected chi connectivity index (χ4v) is 2.59. The Hall–Kier alpha value is -1.43. The first kappa shape index (κ1) is 15.0. The number of halogens is 1. The van der Waals surface area contributed by atoms with E-state index in [-0.39, 0.29) is 5.91 Å². The number of benzene rings is 1. The molecule has 4 nitrogen and oxygen atoms in total. The fourth-order valence-electron chi connectivity index (χ4n) is 1.66. The molecule has 0 saturated heterocycles. The fraction of sp³-hybridized carbons (Fsp3) is 0.286. The zero-order valence-corrected chi connectivity index (χ0v) is 12.7. The van der Waals surface area contributed by atoms with Gasteiger partial charge in [0.25, 0.3) is 5.91 Å². The topological polar surface area (TPSA) is 54.0 Å². The second kappa shape index (κ2) is 7.38. The van der Waals surface area contributed by atoms with Gasteiger partial charge in [0.15, 0.2) is 0 Å². The largest absolute Gasteiger partial charge is 0.351 e. The molecule has 0 fully saturated rings. The molecular formula is C14H16ClN3OS. The molecule has 0 atom stereocenters. The highest BCUT2D eigenvalue weighted by Crippen LogP contribution is 2.24. The van der Waals surface area contributed by atoms with Crippen LogP contribution in [0.2, 0.25) is 5.02 Å². The van der Waals surface area contributed by atoms with Crippen molar-refractivity contribution in [2.45, 2.75) is 6.42 Å². The predicted molar refractivity (Wildman–Crippen MR) is 83.4 cm³/mol. The summed E-state index contributed by atoms with van der Waals surface area (Å²) in [6.45, 7) is 1.53. The summed E-state index contributed by atoms with van der Waals surface area (Å²) in [6, 6.07) is 7.43. The highest BCUT2D eigenvalue weighted by Gasteiger charge is 2.11. The highest BCUT2D eigenvalue weighted by atomic mass is 35.5. The van der Waals surface area contributed by atoms with E-state index in [4.69, 9.17) is 11.6 Å². The van der Waals surface area contributed by atoms with Gasteiger partial charge in [-0.25, -0.2) is 4.98 Å². The molecule has 0 saturated carbocycles. The number of carbonyl (C=O) groups is 1. The normalized spacial score (nSPS) is 10.5. The Bertz CT molecular complexity index is 568. The third-order valence-corrected chi connectivity index (χ3v) is 3.86. The van der Waals surface area contributed by atoms with Crippen LogP contribution in [0.15, 0.2) is 29.6 Å². The van der Waals surface area contributed by atoms with Crippen LogP contribution in [0.1, 0.15) is 16.9 Å². The molecule has 0 aliphatic carbocycles. The highest BCUT2D eigenvalue weighted by molar-refractivity contribution is 7.13. The molecule has 106 valence electrons. The van der Waals surface area contributed by atoms with Gasteiger partial charge in [0.1, 0.15) is 10.7 Å². The molecule has 2 aromatic rings. The molecule has 0 radical (unpaired) electrons. The van der Waals surface area contributed by atoms with Crippen LogP contribution >= 0.6 is 22.9 Å². The van der Waals surface area contributed by atoms with E-state index in [1.807, 2.05) is 31.3 Å². The minimum Gasteiger partial charge on any atom is -0.351 e. The first-order chi connectivity index (χ1) is 9.70. The number of hydrogen-bond acceptors (Lipinski definition) is 4. The Kier molecular flexibility index (Phi) is 5.52. The molecule has 0 spiro atoms. The lowest BCUT2D eigenvalue weighted by molar-refractivity contribution is 0.0949. The number of thiazole rings is 1. The molecule has 6 heteroatoms. The molecule has 0 unspecified atom stereocenters. The van der Waals surface area contributed by atoms with E-state index < -0.39 is 0 Å². The molecule has 2 rings (SSSR count). The van der Waals surface area contributed by atoms with E-state index in [0.29, 0.717) is 17.3 Å². The number of aromatic nitrogens is 1. The van der Waals surface area contributed by atoms with E-state index in [1.54, 1.807) is 5.38 Å². The van der Waals surface area contributed by atoms with Crippen LogP contribution in [0.4, 0.5) is 0 Å². The van der Waals surface area contributed by atoms with Crippen LogP contribution in [-0.2, 0) is 0 Å². The van der Waals surface area contributed by atoms with Gasteiger partial charge in [-0.15, -0.1) is 11.3 Å². The zero-order chi connectivity index (χ0) is 14.4. The summed E-state index contributed by atoms with van der Waals surface area (Å²) < 4.78 is 0. The van der Waals surface area contributed by atoms with Crippen LogP contribution in [-0.4, -0.2) is 31.0 Å². The average molecular weight is 310 g/mol. The smallest absolute Gasteiger partial charge is 0.270 e. The molecule has 0 bridgehead atoms. The Labute approximate surface area is 127 Å². The lowest BCUT2D eigenvalue weighted by Gasteiger charge is -2.02. The summed E-state index contributed by atoms with van der Waals surface area (Å²) in [6.07, 6.45) is 0.899. The molecular weight excluding hydrogens is 294 g/mol. The summed E-state index contributed by atoms with van der Waals surface area (Å²) in [5, 5.41) is 9.17. The Morgan fingerprint density at radius 1 is 1.30 bits per heavy atom. The first-order valence-corrected chi connectivity index (χ1v) is 7.60. The molecule has 1 heterocycles. The average Bonchev–Trinajstić information content (AvgIpc) is 2.94. The zero-order valence-electron chi connectivity index (χ0n) is 11.1. The number of nitrogens with zero attached hydrogens (tertiary/aromatic N) is 1. The molecule has 2 N–H and O–H groups in total. The number of rotatable bonds is 6. The summed E-state index contributed by atoms with van der Waals surface area (Å²) in [5.41, 5.74) is 1.43. The third-order valence-electron chi connectivity index (χ3n) is 2.72. The van der Waals surface area contributed by atoms with Crippen LogP contribution < -0.4 is 10.6 Å². The number of amides is 1. The molecule has 0 aliphatic rings. The molecule has 1 amide bonds. The van der Waals surface area contributed by atoms with Crippen molar-refractivity contribution in [3.05, 3.63) is 40.4 Å². The van der Waals surface area contributed by atoms with E-state index >= 15 is 0 Å². The maximum absolute atomic E-state index is 11.9.